The van der Waals surface area contributed by atoms with Crippen molar-refractivity contribution in [1.82, 2.24) is 5.32 Å². The number of nitrogens with one attached hydrogen (secondary N) is 1. The summed E-state index contributed by atoms with van der Waals surface area (Å²) in [5, 5.41) is 0.715. The minimum absolute atomic E-state index is 0.137. The van der Waals surface area contributed by atoms with Crippen molar-refractivity contribution < 1.29 is 119 Å². The van der Waals surface area contributed by atoms with Gasteiger partial charge in [-0.15, -0.1) is 0 Å². The van der Waals surface area contributed by atoms with Gasteiger partial charge in [0.1, 0.15) is 0 Å². The van der Waals surface area contributed by atoms with Crippen LogP contribution in [-0.2, 0) is 18.1 Å². The fourth-order valence-corrected chi connectivity index (χ4v) is 6.13. The maximum absolute atomic E-state index is 14.1. The molecule has 0 fully saturated rings. The first-order chi connectivity index (χ1) is 21.8. The topological polar surface area (TPSA) is 56.8 Å². The fraction of sp³-hybridized carbons (Fsp3) is 0.952. The molecule has 29 heteroatoms. The zero-order valence-electron chi connectivity index (χ0n) is 24.6. The zero-order valence-corrected chi connectivity index (χ0v) is 25.6. The van der Waals surface area contributed by atoms with E-state index in [2.05, 4.69) is 0 Å². The minimum Gasteiger partial charge on any atom is -0.374 e. The van der Waals surface area contributed by atoms with Crippen molar-refractivity contribution in [1.29, 1.82) is 0 Å². The Morgan fingerprint density at radius 2 is 0.720 bits per heavy atom. The number of hydrogen-bond acceptors (Lipinski definition) is 4. The molecular weight excluding hydrogens is 795 g/mol. The summed E-state index contributed by atoms with van der Waals surface area (Å²) in [7, 11) is -3.72. The number of carbonyl (C=O) groups excluding carboxylic acids is 1. The molecule has 0 spiro atoms. The lowest BCUT2D eigenvalue weighted by Crippen LogP contribution is -2.78. The number of alkyl halides is 23. The highest BCUT2D eigenvalue weighted by Gasteiger charge is 2.99. The summed E-state index contributed by atoms with van der Waals surface area (Å²) >= 11 is 0. The van der Waals surface area contributed by atoms with E-state index in [9.17, 15) is 106 Å². The third-order valence-corrected chi connectivity index (χ3v) is 9.38. The molecule has 0 aliphatic rings. The van der Waals surface area contributed by atoms with E-state index in [1.807, 2.05) is 0 Å². The van der Waals surface area contributed by atoms with Crippen LogP contribution in [0.1, 0.15) is 27.2 Å². The Kier molecular flexibility index (Phi) is 13.8. The van der Waals surface area contributed by atoms with E-state index < -0.39 is 99.1 Å². The second-order valence-corrected chi connectivity index (χ2v) is 12.3. The van der Waals surface area contributed by atoms with Gasteiger partial charge in [-0.05, 0) is 27.2 Å². The van der Waals surface area contributed by atoms with Crippen LogP contribution in [0.25, 0.3) is 0 Å². The lowest BCUT2D eigenvalue weighted by atomic mass is 9.85. The number of halogens is 23. The van der Waals surface area contributed by atoms with Crippen LogP contribution in [-0.4, -0.2) is 106 Å². The molecule has 0 unspecified atom stereocenters. The number of hydrogen-bond donors (Lipinski definition) is 1. The lowest BCUT2D eigenvalue weighted by molar-refractivity contribution is -0.477. The van der Waals surface area contributed by atoms with Gasteiger partial charge in [0.15, 0.2) is 0 Å². The first-order valence-corrected chi connectivity index (χ1v) is 14.8. The molecule has 0 aromatic rings. The average Bonchev–Trinajstić information content (AvgIpc) is 2.93. The van der Waals surface area contributed by atoms with Gasteiger partial charge in [0.25, 0.3) is 5.91 Å². The molecule has 0 aliphatic heterocycles. The molecular formula is C21H22F23NO4Si. The Morgan fingerprint density at radius 3 is 0.980 bits per heavy atom. The maximum Gasteiger partial charge on any atom is 0.500 e. The average molecular weight is 817 g/mol. The highest BCUT2D eigenvalue weighted by atomic mass is 28.4. The molecule has 1 N–H and O–H groups in total. The predicted octanol–water partition coefficient (Wildman–Crippen LogP) is 8.46. The van der Waals surface area contributed by atoms with Crippen molar-refractivity contribution in [2.45, 2.75) is 98.6 Å². The summed E-state index contributed by atoms with van der Waals surface area (Å²) in [6.07, 6.45) is -8.86. The Morgan fingerprint density at radius 1 is 0.460 bits per heavy atom. The number of rotatable bonds is 20. The van der Waals surface area contributed by atoms with Crippen molar-refractivity contribution in [3.05, 3.63) is 0 Å². The maximum atomic E-state index is 14.1. The molecule has 50 heavy (non-hydrogen) atoms. The van der Waals surface area contributed by atoms with Crippen LogP contribution in [0.3, 0.4) is 0 Å². The minimum atomic E-state index is -9.51. The quantitative estimate of drug-likeness (QED) is 0.0762. The van der Waals surface area contributed by atoms with Crippen LogP contribution in [0.4, 0.5) is 101 Å². The third kappa shape index (κ3) is 7.15. The molecule has 0 radical (unpaired) electrons. The second kappa shape index (κ2) is 14.4. The van der Waals surface area contributed by atoms with Gasteiger partial charge >= 0.3 is 74.2 Å². The van der Waals surface area contributed by atoms with Crippen molar-refractivity contribution in [3.63, 3.8) is 0 Å². The summed E-state index contributed by atoms with van der Waals surface area (Å²) in [5.74, 6) is -93.4. The highest BCUT2D eigenvalue weighted by molar-refractivity contribution is 6.60. The summed E-state index contributed by atoms with van der Waals surface area (Å²) in [6.45, 7) is 2.39. The van der Waals surface area contributed by atoms with Crippen molar-refractivity contribution in [2.75, 3.05) is 26.4 Å². The molecule has 0 bridgehead atoms. The first kappa shape index (κ1) is 48.0. The van der Waals surface area contributed by atoms with Gasteiger partial charge in [0.05, 0.1) is 0 Å². The van der Waals surface area contributed by atoms with Crippen LogP contribution in [0, 0.1) is 0 Å². The number of carbonyl (C=O) groups is 1. The van der Waals surface area contributed by atoms with Crippen LogP contribution in [0.2, 0.25) is 6.04 Å². The van der Waals surface area contributed by atoms with Crippen molar-refractivity contribution in [2.24, 2.45) is 0 Å². The fourth-order valence-electron chi connectivity index (χ4n) is 3.52. The molecule has 0 saturated heterocycles. The second-order valence-electron chi connectivity index (χ2n) is 9.58. The van der Waals surface area contributed by atoms with Gasteiger partial charge < -0.3 is 18.6 Å². The molecule has 0 saturated carbocycles. The Balaban J connectivity index is 6.72. The Bertz CT molecular complexity index is 1140. The van der Waals surface area contributed by atoms with Crippen LogP contribution in [0.15, 0.2) is 0 Å². The standard InChI is InChI=1S/C21H22F23NO4Si/c1-4-47-50(48-5-2,49-6-3)9-7-8-45-10(46)11(22,23)12(24,25)13(26,27)14(28,29)15(30,31)16(32,33)17(34,35)18(36,37)19(38,39)20(40,41)21(42,43)44/h4-9H2,1-3H3,(H,45,46). The predicted molar refractivity (Wildman–Crippen MR) is 119 cm³/mol. The van der Waals surface area contributed by atoms with Gasteiger partial charge in [0, 0.05) is 32.4 Å². The van der Waals surface area contributed by atoms with Crippen LogP contribution >= 0.6 is 0 Å². The molecule has 0 aromatic carbocycles. The molecule has 0 atom stereocenters. The molecule has 0 heterocycles. The monoisotopic (exact) mass is 817 g/mol. The van der Waals surface area contributed by atoms with E-state index >= 15 is 0 Å². The van der Waals surface area contributed by atoms with Crippen molar-refractivity contribution >= 4 is 14.7 Å². The van der Waals surface area contributed by atoms with Crippen LogP contribution < -0.4 is 5.32 Å². The Labute approximate surface area is 265 Å². The summed E-state index contributed by atoms with van der Waals surface area (Å²) < 4.78 is 327. The summed E-state index contributed by atoms with van der Waals surface area (Å²) in [6, 6.07) is -0.493. The molecule has 0 aromatic heterocycles. The van der Waals surface area contributed by atoms with Gasteiger partial charge in [-0.3, -0.25) is 4.79 Å². The van der Waals surface area contributed by atoms with Gasteiger partial charge in [-0.25, -0.2) is 0 Å². The van der Waals surface area contributed by atoms with E-state index in [-0.39, 0.29) is 19.8 Å². The van der Waals surface area contributed by atoms with Crippen molar-refractivity contribution in [3.8, 4) is 0 Å². The summed E-state index contributed by atoms with van der Waals surface area (Å²) in [4.78, 5) is 11.6. The van der Waals surface area contributed by atoms with E-state index in [4.69, 9.17) is 13.3 Å². The first-order valence-electron chi connectivity index (χ1n) is 12.9. The molecule has 0 rings (SSSR count). The van der Waals surface area contributed by atoms with E-state index in [0.717, 1.165) is 0 Å². The molecule has 300 valence electrons. The molecule has 0 aliphatic carbocycles. The summed E-state index contributed by atoms with van der Waals surface area (Å²) in [5.41, 5.74) is 0. The van der Waals surface area contributed by atoms with Gasteiger partial charge in [-0.1, -0.05) is 0 Å². The van der Waals surface area contributed by atoms with Gasteiger partial charge in [0.2, 0.25) is 0 Å². The normalized spacial score (nSPS) is 15.8. The molecule has 1 amide bonds. The third-order valence-electron chi connectivity index (χ3n) is 6.23. The lowest BCUT2D eigenvalue weighted by Gasteiger charge is -2.45. The highest BCUT2D eigenvalue weighted by Crippen LogP contribution is 2.67. The van der Waals surface area contributed by atoms with E-state index in [0.29, 0.717) is 5.32 Å². The Hall–Kier alpha value is -2.04. The molecule has 5 nitrogen and oxygen atoms in total. The van der Waals surface area contributed by atoms with E-state index in [1.165, 1.54) is 20.8 Å². The van der Waals surface area contributed by atoms with Crippen LogP contribution in [0.5, 0.6) is 0 Å². The van der Waals surface area contributed by atoms with Gasteiger partial charge in [-0.2, -0.15) is 101 Å². The smallest absolute Gasteiger partial charge is 0.374 e. The SMILES string of the molecule is CCO[Si](CCCNC(=O)C(F)(F)C(F)(F)C(F)(F)C(F)(F)C(F)(F)C(F)(F)C(F)(F)C(F)(F)C(F)(F)C(F)(F)C(F)(F)F)(OCC)OCC. The zero-order chi connectivity index (χ0) is 40.6. The largest absolute Gasteiger partial charge is 0.500 e. The van der Waals surface area contributed by atoms with E-state index in [1.54, 1.807) is 0 Å². The number of amides is 1.